The molecule has 100 valence electrons. The van der Waals surface area contributed by atoms with Crippen LogP contribution in [0.25, 0.3) is 0 Å². The van der Waals surface area contributed by atoms with Crippen LogP contribution in [0.1, 0.15) is 45.4 Å². The van der Waals surface area contributed by atoms with E-state index in [1.807, 2.05) is 0 Å². The number of unbranched alkanes of at least 4 members (excludes halogenated alkanes) is 2. The van der Waals surface area contributed by atoms with Crippen molar-refractivity contribution < 1.29 is 19.4 Å². The smallest absolute Gasteiger partial charge is 0.303 e. The Hall–Kier alpha value is -0.610. The molecule has 2 unspecified atom stereocenters. The Labute approximate surface area is 103 Å². The molecule has 1 fully saturated rings. The van der Waals surface area contributed by atoms with E-state index in [0.29, 0.717) is 32.2 Å². The molecule has 1 N–H and O–H groups in total. The molecule has 0 aromatic heterocycles. The predicted molar refractivity (Wildman–Crippen MR) is 65.1 cm³/mol. The lowest BCUT2D eigenvalue weighted by Gasteiger charge is -2.29. The summed E-state index contributed by atoms with van der Waals surface area (Å²) in [5.74, 6) is -0.138. The third-order valence-electron chi connectivity index (χ3n) is 3.36. The summed E-state index contributed by atoms with van der Waals surface area (Å²) in [6, 6.07) is 0. The molecule has 0 spiro atoms. The van der Waals surface area contributed by atoms with Crippen molar-refractivity contribution in [2.24, 2.45) is 5.92 Å². The Morgan fingerprint density at radius 3 is 2.76 bits per heavy atom. The van der Waals surface area contributed by atoms with Gasteiger partial charge in [-0.05, 0) is 18.8 Å². The van der Waals surface area contributed by atoms with Gasteiger partial charge in [-0.15, -0.1) is 0 Å². The SMILES string of the molecule is CCC(CCCCCC(=O)O)C1COCCO1. The Kier molecular flexibility index (Phi) is 7.21. The van der Waals surface area contributed by atoms with E-state index in [1.165, 1.54) is 0 Å². The number of hydrogen-bond acceptors (Lipinski definition) is 3. The molecule has 1 saturated heterocycles. The zero-order valence-corrected chi connectivity index (χ0v) is 10.7. The molecular weight excluding hydrogens is 220 g/mol. The lowest BCUT2D eigenvalue weighted by molar-refractivity contribution is -0.137. The molecule has 0 bridgehead atoms. The molecule has 0 aliphatic carbocycles. The fourth-order valence-corrected chi connectivity index (χ4v) is 2.29. The molecule has 0 aromatic rings. The quantitative estimate of drug-likeness (QED) is 0.666. The number of rotatable bonds is 8. The van der Waals surface area contributed by atoms with Gasteiger partial charge in [-0.2, -0.15) is 0 Å². The van der Waals surface area contributed by atoms with Gasteiger partial charge in [0.05, 0.1) is 25.9 Å². The van der Waals surface area contributed by atoms with Crippen LogP contribution in [0.4, 0.5) is 0 Å². The van der Waals surface area contributed by atoms with E-state index in [4.69, 9.17) is 14.6 Å². The molecule has 1 heterocycles. The van der Waals surface area contributed by atoms with Gasteiger partial charge in [0.1, 0.15) is 0 Å². The minimum absolute atomic E-state index is 0.244. The summed E-state index contributed by atoms with van der Waals surface area (Å²) >= 11 is 0. The predicted octanol–water partition coefficient (Wildman–Crippen LogP) is 2.46. The first-order valence-corrected chi connectivity index (χ1v) is 6.65. The van der Waals surface area contributed by atoms with Gasteiger partial charge in [0, 0.05) is 6.42 Å². The molecule has 0 radical (unpaired) electrons. The van der Waals surface area contributed by atoms with Crippen molar-refractivity contribution in [1.82, 2.24) is 0 Å². The van der Waals surface area contributed by atoms with Gasteiger partial charge in [-0.1, -0.05) is 26.2 Å². The topological polar surface area (TPSA) is 55.8 Å². The lowest BCUT2D eigenvalue weighted by Crippen LogP contribution is -2.34. The molecule has 2 atom stereocenters. The van der Waals surface area contributed by atoms with Crippen molar-refractivity contribution in [3.05, 3.63) is 0 Å². The zero-order valence-electron chi connectivity index (χ0n) is 10.7. The van der Waals surface area contributed by atoms with Gasteiger partial charge >= 0.3 is 5.97 Å². The second-order valence-electron chi connectivity index (χ2n) is 4.65. The van der Waals surface area contributed by atoms with Gasteiger partial charge in [-0.25, -0.2) is 0 Å². The lowest BCUT2D eigenvalue weighted by atomic mass is 9.92. The summed E-state index contributed by atoms with van der Waals surface area (Å²) in [6.07, 6.45) is 5.63. The molecule has 0 amide bonds. The molecule has 0 saturated carbocycles. The molecule has 1 rings (SSSR count). The van der Waals surface area contributed by atoms with E-state index in [1.54, 1.807) is 0 Å². The highest BCUT2D eigenvalue weighted by Gasteiger charge is 2.23. The second-order valence-corrected chi connectivity index (χ2v) is 4.65. The van der Waals surface area contributed by atoms with Gasteiger partial charge in [-0.3, -0.25) is 4.79 Å². The van der Waals surface area contributed by atoms with Crippen molar-refractivity contribution in [2.45, 2.75) is 51.6 Å². The van der Waals surface area contributed by atoms with E-state index in [-0.39, 0.29) is 6.10 Å². The van der Waals surface area contributed by atoms with E-state index in [2.05, 4.69) is 6.92 Å². The monoisotopic (exact) mass is 244 g/mol. The summed E-state index contributed by atoms with van der Waals surface area (Å²) in [4.78, 5) is 10.4. The van der Waals surface area contributed by atoms with Gasteiger partial charge < -0.3 is 14.6 Å². The first-order chi connectivity index (χ1) is 8.24. The number of carboxylic acid groups (broad SMARTS) is 1. The van der Waals surface area contributed by atoms with Crippen LogP contribution in [0.15, 0.2) is 0 Å². The first-order valence-electron chi connectivity index (χ1n) is 6.65. The highest BCUT2D eigenvalue weighted by atomic mass is 16.6. The van der Waals surface area contributed by atoms with Gasteiger partial charge in [0.15, 0.2) is 0 Å². The minimum Gasteiger partial charge on any atom is -0.481 e. The zero-order chi connectivity index (χ0) is 12.5. The summed E-state index contributed by atoms with van der Waals surface area (Å²) in [5.41, 5.74) is 0. The summed E-state index contributed by atoms with van der Waals surface area (Å²) in [7, 11) is 0. The average Bonchev–Trinajstić information content (AvgIpc) is 2.34. The highest BCUT2D eigenvalue weighted by molar-refractivity contribution is 5.66. The van der Waals surface area contributed by atoms with Crippen LogP contribution in [0.5, 0.6) is 0 Å². The van der Waals surface area contributed by atoms with Crippen LogP contribution in [0.2, 0.25) is 0 Å². The maximum atomic E-state index is 10.4. The van der Waals surface area contributed by atoms with Crippen LogP contribution in [0, 0.1) is 5.92 Å². The molecule has 17 heavy (non-hydrogen) atoms. The van der Waals surface area contributed by atoms with Gasteiger partial charge in [0.2, 0.25) is 0 Å². The van der Waals surface area contributed by atoms with Crippen LogP contribution < -0.4 is 0 Å². The number of hydrogen-bond donors (Lipinski definition) is 1. The van der Waals surface area contributed by atoms with Crippen molar-refractivity contribution in [3.63, 3.8) is 0 Å². The Morgan fingerprint density at radius 1 is 1.35 bits per heavy atom. The fraction of sp³-hybridized carbons (Fsp3) is 0.923. The average molecular weight is 244 g/mol. The first kappa shape index (κ1) is 14.5. The Balaban J connectivity index is 2.11. The van der Waals surface area contributed by atoms with E-state index in [9.17, 15) is 4.79 Å². The number of ether oxygens (including phenoxy) is 2. The molecule has 4 nitrogen and oxygen atoms in total. The second kappa shape index (κ2) is 8.48. The summed E-state index contributed by atoms with van der Waals surface area (Å²) in [6.45, 7) is 4.32. The maximum Gasteiger partial charge on any atom is 0.303 e. The Morgan fingerprint density at radius 2 is 2.18 bits per heavy atom. The normalized spacial score (nSPS) is 22.3. The third-order valence-corrected chi connectivity index (χ3v) is 3.36. The summed E-state index contributed by atoms with van der Waals surface area (Å²) < 4.78 is 11.1. The van der Waals surface area contributed by atoms with Crippen molar-refractivity contribution in [2.75, 3.05) is 19.8 Å². The summed E-state index contributed by atoms with van der Waals surface area (Å²) in [5, 5.41) is 8.54. The Bertz CT molecular complexity index is 211. The minimum atomic E-state index is -0.693. The van der Waals surface area contributed by atoms with Crippen LogP contribution in [-0.4, -0.2) is 37.0 Å². The van der Waals surface area contributed by atoms with Crippen molar-refractivity contribution in [1.29, 1.82) is 0 Å². The molecule has 1 aliphatic heterocycles. The van der Waals surface area contributed by atoms with Gasteiger partial charge in [0.25, 0.3) is 0 Å². The molecule has 4 heteroatoms. The molecule has 1 aliphatic rings. The number of carbonyl (C=O) groups is 1. The van der Waals surface area contributed by atoms with Crippen molar-refractivity contribution in [3.8, 4) is 0 Å². The molecule has 0 aromatic carbocycles. The van der Waals surface area contributed by atoms with Crippen molar-refractivity contribution >= 4 is 5.97 Å². The largest absolute Gasteiger partial charge is 0.481 e. The third kappa shape index (κ3) is 6.03. The standard InChI is InChI=1S/C13H24O4/c1-2-11(12-10-16-8-9-17-12)6-4-3-5-7-13(14)15/h11-12H,2-10H2,1H3,(H,14,15). The van der Waals surface area contributed by atoms with E-state index in [0.717, 1.165) is 32.1 Å². The number of aliphatic carboxylic acids is 1. The van der Waals surface area contributed by atoms with E-state index < -0.39 is 5.97 Å². The maximum absolute atomic E-state index is 10.4. The molecular formula is C13H24O4. The fourth-order valence-electron chi connectivity index (χ4n) is 2.29. The highest BCUT2D eigenvalue weighted by Crippen LogP contribution is 2.22. The number of carboxylic acids is 1. The van der Waals surface area contributed by atoms with Crippen LogP contribution >= 0.6 is 0 Å². The van der Waals surface area contributed by atoms with Crippen LogP contribution in [0.3, 0.4) is 0 Å². The van der Waals surface area contributed by atoms with Crippen LogP contribution in [-0.2, 0) is 14.3 Å². The van der Waals surface area contributed by atoms with E-state index >= 15 is 0 Å².